The van der Waals surface area contributed by atoms with Crippen molar-refractivity contribution in [2.24, 2.45) is 0 Å². The van der Waals surface area contributed by atoms with Crippen LogP contribution in [-0.2, 0) is 6.16 Å². The summed E-state index contributed by atoms with van der Waals surface area (Å²) in [5.74, 6) is 1.72. The Morgan fingerprint density at radius 2 is 0.853 bits per heavy atom. The van der Waals surface area contributed by atoms with Crippen LogP contribution in [0.2, 0.25) is 0 Å². The molecule has 0 spiro atoms. The van der Waals surface area contributed by atoms with Gasteiger partial charge in [0.2, 0.25) is 0 Å². The van der Waals surface area contributed by atoms with Crippen LogP contribution < -0.4 is 37.6 Å². The van der Waals surface area contributed by atoms with E-state index in [9.17, 15) is 0 Å². The number of halogens is 1. The highest BCUT2D eigenvalue weighted by atomic mass is 79.9. The van der Waals surface area contributed by atoms with Gasteiger partial charge in [0.1, 0.15) is 34.7 Å². The summed E-state index contributed by atoms with van der Waals surface area (Å²) in [6.07, 6.45) is 0.928. The predicted molar refractivity (Wildman–Crippen MR) is 142 cm³/mol. The van der Waals surface area contributed by atoms with Gasteiger partial charge in [-0.3, -0.25) is 0 Å². The van der Waals surface area contributed by atoms with Gasteiger partial charge in [-0.1, -0.05) is 84.9 Å². The third-order valence-corrected chi connectivity index (χ3v) is 10.3. The number of para-hydroxylation sites is 1. The summed E-state index contributed by atoms with van der Waals surface area (Å²) in [5, 5.41) is 4.16. The third-order valence-electron chi connectivity index (χ3n) is 5.89. The van der Waals surface area contributed by atoms with Crippen LogP contribution >= 0.6 is 7.26 Å². The molecular formula is C31H26BrOP. The van der Waals surface area contributed by atoms with Gasteiger partial charge in [0.15, 0.2) is 0 Å². The van der Waals surface area contributed by atoms with Gasteiger partial charge < -0.3 is 21.7 Å². The molecule has 0 unspecified atom stereocenters. The smallest absolute Gasteiger partial charge is 0.127 e. The lowest BCUT2D eigenvalue weighted by molar-refractivity contribution is -0.00000692. The molecule has 0 aliphatic heterocycles. The summed E-state index contributed by atoms with van der Waals surface area (Å²) in [4.78, 5) is 0. The first kappa shape index (κ1) is 24.0. The Labute approximate surface area is 213 Å². The molecule has 5 aromatic rings. The summed E-state index contributed by atoms with van der Waals surface area (Å²) in [5.41, 5.74) is 1.27. The van der Waals surface area contributed by atoms with Crippen molar-refractivity contribution < 1.29 is 21.7 Å². The lowest BCUT2D eigenvalue weighted by Crippen LogP contribution is -3.00. The van der Waals surface area contributed by atoms with Crippen LogP contribution in [0.3, 0.4) is 0 Å². The molecule has 0 radical (unpaired) electrons. The standard InChI is InChI=1S/C31H26OP.BrH/c1-5-15-27(16-6-1)32-28-17-13-14-26(24-28)25-33(29-18-7-2-8-19-29,30-20-9-3-10-21-30)31-22-11-4-12-23-31;/h1-24H,25H2;1H/q+1;/p-1. The van der Waals surface area contributed by atoms with Crippen molar-refractivity contribution in [3.63, 3.8) is 0 Å². The average molecular weight is 525 g/mol. The maximum Gasteiger partial charge on any atom is 0.127 e. The molecule has 1 nitrogen and oxygen atoms in total. The number of ether oxygens (including phenoxy) is 1. The van der Waals surface area contributed by atoms with Gasteiger partial charge in [-0.25, -0.2) is 0 Å². The fourth-order valence-electron chi connectivity index (χ4n) is 4.37. The Morgan fingerprint density at radius 1 is 0.441 bits per heavy atom. The van der Waals surface area contributed by atoms with Crippen molar-refractivity contribution in [1.29, 1.82) is 0 Å². The molecule has 0 heterocycles. The maximum atomic E-state index is 6.16. The van der Waals surface area contributed by atoms with Gasteiger partial charge in [0.25, 0.3) is 0 Å². The molecular weight excluding hydrogens is 499 g/mol. The van der Waals surface area contributed by atoms with Crippen molar-refractivity contribution in [3.8, 4) is 11.5 Å². The molecule has 168 valence electrons. The average Bonchev–Trinajstić information content (AvgIpc) is 2.90. The minimum absolute atomic E-state index is 0. The highest BCUT2D eigenvalue weighted by Gasteiger charge is 2.45. The fraction of sp³-hybridized carbons (Fsp3) is 0.0323. The van der Waals surface area contributed by atoms with Crippen molar-refractivity contribution in [1.82, 2.24) is 0 Å². The van der Waals surface area contributed by atoms with E-state index in [2.05, 4.69) is 109 Å². The van der Waals surface area contributed by atoms with Crippen molar-refractivity contribution in [2.75, 3.05) is 0 Å². The van der Waals surface area contributed by atoms with Gasteiger partial charge in [0, 0.05) is 0 Å². The molecule has 0 aliphatic carbocycles. The van der Waals surface area contributed by atoms with Gasteiger partial charge in [-0.15, -0.1) is 0 Å². The molecule has 0 aromatic heterocycles. The number of hydrogen-bond donors (Lipinski definition) is 0. The minimum Gasteiger partial charge on any atom is -1.00 e. The van der Waals surface area contributed by atoms with E-state index < -0.39 is 7.26 Å². The summed E-state index contributed by atoms with van der Waals surface area (Å²) in [6.45, 7) is 0. The highest BCUT2D eigenvalue weighted by Crippen LogP contribution is 2.58. The van der Waals surface area contributed by atoms with Crippen molar-refractivity contribution in [3.05, 3.63) is 151 Å². The van der Waals surface area contributed by atoms with Crippen LogP contribution in [-0.4, -0.2) is 0 Å². The monoisotopic (exact) mass is 524 g/mol. The zero-order valence-corrected chi connectivity index (χ0v) is 21.3. The van der Waals surface area contributed by atoms with E-state index in [4.69, 9.17) is 4.74 Å². The number of hydrogen-bond acceptors (Lipinski definition) is 1. The molecule has 0 amide bonds. The summed E-state index contributed by atoms with van der Waals surface area (Å²) < 4.78 is 6.16. The first-order valence-corrected chi connectivity index (χ1v) is 13.2. The molecule has 0 saturated heterocycles. The van der Waals surface area contributed by atoms with Crippen LogP contribution in [0, 0.1) is 0 Å². The zero-order chi connectivity index (χ0) is 22.3. The summed E-state index contributed by atoms with van der Waals surface area (Å²) >= 11 is 0. The Balaban J connectivity index is 0.00000274. The van der Waals surface area contributed by atoms with Crippen molar-refractivity contribution in [2.45, 2.75) is 6.16 Å². The second-order valence-corrected chi connectivity index (χ2v) is 11.5. The van der Waals surface area contributed by atoms with Crippen LogP contribution in [0.5, 0.6) is 11.5 Å². The molecule has 3 heteroatoms. The van der Waals surface area contributed by atoms with Gasteiger partial charge >= 0.3 is 0 Å². The van der Waals surface area contributed by atoms with E-state index in [0.29, 0.717) is 0 Å². The van der Waals surface area contributed by atoms with Crippen LogP contribution in [0.15, 0.2) is 146 Å². The van der Waals surface area contributed by atoms with Crippen LogP contribution in [0.1, 0.15) is 5.56 Å². The largest absolute Gasteiger partial charge is 1.00 e. The second-order valence-electron chi connectivity index (χ2n) is 8.04. The molecule has 0 aliphatic rings. The molecule has 5 rings (SSSR count). The highest BCUT2D eigenvalue weighted by molar-refractivity contribution is 7.95. The fourth-order valence-corrected chi connectivity index (χ4v) is 8.60. The topological polar surface area (TPSA) is 9.23 Å². The second kappa shape index (κ2) is 11.3. The van der Waals surface area contributed by atoms with E-state index in [0.717, 1.165) is 17.7 Å². The first-order chi connectivity index (χ1) is 16.3. The summed E-state index contributed by atoms with van der Waals surface area (Å²) in [7, 11) is -1.93. The lowest BCUT2D eigenvalue weighted by Gasteiger charge is -2.28. The SMILES string of the molecule is [Br-].c1ccc(Oc2cccc(C[P+](c3ccccc3)(c3ccccc3)c3ccccc3)c2)cc1. The third kappa shape index (κ3) is 5.14. The van der Waals surface area contributed by atoms with E-state index in [1.54, 1.807) is 0 Å². The Morgan fingerprint density at radius 3 is 1.32 bits per heavy atom. The summed E-state index contributed by atoms with van der Waals surface area (Å²) in [6, 6.07) is 51.5. The Kier molecular flexibility index (Phi) is 7.95. The quantitative estimate of drug-likeness (QED) is 0.293. The minimum atomic E-state index is -1.93. The van der Waals surface area contributed by atoms with E-state index >= 15 is 0 Å². The molecule has 0 saturated carbocycles. The first-order valence-electron chi connectivity index (χ1n) is 11.2. The van der Waals surface area contributed by atoms with Gasteiger partial charge in [0.05, 0.1) is 6.16 Å². The van der Waals surface area contributed by atoms with Crippen LogP contribution in [0.4, 0.5) is 0 Å². The Hall–Kier alpha value is -3.19. The molecule has 0 fully saturated rings. The van der Waals surface area contributed by atoms with Gasteiger partial charge in [-0.2, -0.15) is 0 Å². The van der Waals surface area contributed by atoms with Crippen molar-refractivity contribution >= 4 is 23.2 Å². The van der Waals surface area contributed by atoms with E-state index in [1.165, 1.54) is 21.5 Å². The number of rotatable bonds is 7. The predicted octanol–water partition coefficient (Wildman–Crippen LogP) is 3.98. The molecule has 0 atom stereocenters. The van der Waals surface area contributed by atoms with E-state index in [1.807, 2.05) is 36.4 Å². The lowest BCUT2D eigenvalue weighted by atomic mass is 10.2. The van der Waals surface area contributed by atoms with Crippen LogP contribution in [0.25, 0.3) is 0 Å². The molecule has 34 heavy (non-hydrogen) atoms. The maximum absolute atomic E-state index is 6.16. The Bertz CT molecular complexity index is 1200. The number of benzene rings is 5. The molecule has 0 N–H and O–H groups in total. The van der Waals surface area contributed by atoms with E-state index in [-0.39, 0.29) is 17.0 Å². The molecule has 5 aromatic carbocycles. The normalized spacial score (nSPS) is 10.8. The molecule has 0 bridgehead atoms. The zero-order valence-electron chi connectivity index (χ0n) is 18.8. The van der Waals surface area contributed by atoms with Gasteiger partial charge in [-0.05, 0) is 66.2 Å².